The number of anilines is 1. The van der Waals surface area contributed by atoms with Gasteiger partial charge in [-0.1, -0.05) is 23.7 Å². The van der Waals surface area contributed by atoms with Gasteiger partial charge in [0.2, 0.25) is 5.91 Å². The van der Waals surface area contributed by atoms with Crippen molar-refractivity contribution in [3.05, 3.63) is 63.9 Å². The molecule has 2 nitrogen and oxygen atoms in total. The summed E-state index contributed by atoms with van der Waals surface area (Å²) in [5.41, 5.74) is 2.73. The summed E-state index contributed by atoms with van der Waals surface area (Å²) in [5.74, 6) is -0.443. The number of carbonyl (C=O) groups is 1. The molecule has 2 aromatic rings. The van der Waals surface area contributed by atoms with Crippen LogP contribution in [0.25, 0.3) is 0 Å². The first kappa shape index (κ1) is 13.4. The minimum Gasteiger partial charge on any atom is -0.326 e. The number of hydrogen-bond acceptors (Lipinski definition) is 1. The van der Waals surface area contributed by atoms with Crippen molar-refractivity contribution < 1.29 is 9.18 Å². The maximum atomic E-state index is 13.8. The van der Waals surface area contributed by atoms with Crippen molar-refractivity contribution in [2.75, 3.05) is 5.32 Å². The number of alkyl halides is 1. The molecule has 102 valence electrons. The van der Waals surface area contributed by atoms with E-state index in [1.807, 2.05) is 6.07 Å². The van der Waals surface area contributed by atoms with Gasteiger partial charge in [0.1, 0.15) is 5.82 Å². The van der Waals surface area contributed by atoms with Crippen LogP contribution in [0.3, 0.4) is 0 Å². The third-order valence-corrected chi connectivity index (χ3v) is 4.00. The Morgan fingerprint density at radius 1 is 1.20 bits per heavy atom. The lowest BCUT2D eigenvalue weighted by molar-refractivity contribution is -0.115. The van der Waals surface area contributed by atoms with Crippen molar-refractivity contribution in [3.63, 3.8) is 0 Å². The molecule has 0 bridgehead atoms. The summed E-state index contributed by atoms with van der Waals surface area (Å²) < 4.78 is 13.8. The predicted molar refractivity (Wildman–Crippen MR) is 77.9 cm³/mol. The zero-order valence-electron chi connectivity index (χ0n) is 10.3. The number of carbonyl (C=O) groups excluding carboxylic acids is 1. The Kier molecular flexibility index (Phi) is 3.40. The number of halogens is 3. The molecule has 1 amide bonds. The lowest BCUT2D eigenvalue weighted by Crippen LogP contribution is -2.03. The molecular formula is C15H10Cl2FNO. The molecule has 3 rings (SSSR count). The monoisotopic (exact) mass is 309 g/mol. The standard InChI is InChI=1S/C15H10Cl2FNO/c16-10-2-3-12(18)11(7-10)15(17)8-1-4-13-9(5-8)6-14(20)19-13/h1-5,7,15H,6H2,(H,19,20). The van der Waals surface area contributed by atoms with E-state index >= 15 is 0 Å². The van der Waals surface area contributed by atoms with Crippen molar-refractivity contribution in [1.82, 2.24) is 0 Å². The molecule has 0 radical (unpaired) electrons. The largest absolute Gasteiger partial charge is 0.326 e. The lowest BCUT2D eigenvalue weighted by Gasteiger charge is -2.13. The smallest absolute Gasteiger partial charge is 0.228 e. The molecule has 0 aromatic heterocycles. The average Bonchev–Trinajstić information content (AvgIpc) is 2.79. The van der Waals surface area contributed by atoms with Crippen LogP contribution < -0.4 is 5.32 Å². The highest BCUT2D eigenvalue weighted by Gasteiger charge is 2.21. The minimum absolute atomic E-state index is 0.0443. The van der Waals surface area contributed by atoms with Crippen molar-refractivity contribution in [3.8, 4) is 0 Å². The van der Waals surface area contributed by atoms with Gasteiger partial charge in [0.25, 0.3) is 0 Å². The van der Waals surface area contributed by atoms with Crippen molar-refractivity contribution in [2.24, 2.45) is 0 Å². The fraction of sp³-hybridized carbons (Fsp3) is 0.133. The zero-order valence-corrected chi connectivity index (χ0v) is 11.8. The van der Waals surface area contributed by atoms with E-state index in [9.17, 15) is 9.18 Å². The maximum Gasteiger partial charge on any atom is 0.228 e. The van der Waals surface area contributed by atoms with Gasteiger partial charge in [-0.15, -0.1) is 11.6 Å². The fourth-order valence-corrected chi connectivity index (χ4v) is 2.78. The number of amides is 1. The topological polar surface area (TPSA) is 29.1 Å². The molecule has 0 saturated heterocycles. The molecule has 5 heteroatoms. The molecule has 0 aliphatic carbocycles. The zero-order chi connectivity index (χ0) is 14.3. The average molecular weight is 310 g/mol. The van der Waals surface area contributed by atoms with E-state index < -0.39 is 11.2 Å². The third-order valence-electron chi connectivity index (χ3n) is 3.28. The molecule has 2 aromatic carbocycles. The minimum atomic E-state index is -0.644. The molecule has 1 atom stereocenters. The Labute approximate surface area is 125 Å². The van der Waals surface area contributed by atoms with Gasteiger partial charge < -0.3 is 5.32 Å². The second-order valence-corrected chi connectivity index (χ2v) is 5.54. The Balaban J connectivity index is 1.99. The van der Waals surface area contributed by atoms with Gasteiger partial charge in [0, 0.05) is 16.3 Å². The van der Waals surface area contributed by atoms with E-state index in [-0.39, 0.29) is 5.91 Å². The Morgan fingerprint density at radius 3 is 2.80 bits per heavy atom. The van der Waals surface area contributed by atoms with Crippen LogP contribution >= 0.6 is 23.2 Å². The first-order chi connectivity index (χ1) is 9.54. The summed E-state index contributed by atoms with van der Waals surface area (Å²) in [6.45, 7) is 0. The van der Waals surface area contributed by atoms with Gasteiger partial charge in [-0.2, -0.15) is 0 Å². The molecule has 0 spiro atoms. The van der Waals surface area contributed by atoms with Gasteiger partial charge in [-0.25, -0.2) is 4.39 Å². The molecule has 0 fully saturated rings. The summed E-state index contributed by atoms with van der Waals surface area (Å²) in [4.78, 5) is 11.3. The summed E-state index contributed by atoms with van der Waals surface area (Å²) in [5, 5.41) is 2.54. The second kappa shape index (κ2) is 5.08. The third kappa shape index (κ3) is 2.39. The van der Waals surface area contributed by atoms with Crippen molar-refractivity contribution in [1.29, 1.82) is 0 Å². The number of rotatable bonds is 2. The van der Waals surface area contributed by atoms with Gasteiger partial charge >= 0.3 is 0 Å². The van der Waals surface area contributed by atoms with Crippen molar-refractivity contribution in [2.45, 2.75) is 11.8 Å². The van der Waals surface area contributed by atoms with Crippen LogP contribution in [0.5, 0.6) is 0 Å². The molecule has 1 N–H and O–H groups in total. The SMILES string of the molecule is O=C1Cc2cc(C(Cl)c3cc(Cl)ccc3F)ccc2N1. The fourth-order valence-electron chi connectivity index (χ4n) is 2.30. The van der Waals surface area contributed by atoms with Crippen LogP contribution in [-0.4, -0.2) is 5.91 Å². The Bertz CT molecular complexity index is 702. The van der Waals surface area contributed by atoms with E-state index in [2.05, 4.69) is 5.32 Å². The first-order valence-electron chi connectivity index (χ1n) is 6.06. The molecule has 0 saturated carbocycles. The van der Waals surface area contributed by atoms with Gasteiger partial charge in [-0.05, 0) is 35.4 Å². The molecule has 1 heterocycles. The van der Waals surface area contributed by atoms with E-state index in [1.165, 1.54) is 18.2 Å². The van der Waals surface area contributed by atoms with E-state index in [0.29, 0.717) is 17.0 Å². The van der Waals surface area contributed by atoms with Crippen LogP contribution in [0.1, 0.15) is 22.1 Å². The number of hydrogen-bond donors (Lipinski definition) is 1. The summed E-state index contributed by atoms with van der Waals surface area (Å²) in [6, 6.07) is 9.69. The second-order valence-electron chi connectivity index (χ2n) is 4.67. The highest BCUT2D eigenvalue weighted by atomic mass is 35.5. The number of nitrogens with one attached hydrogen (secondary N) is 1. The lowest BCUT2D eigenvalue weighted by atomic mass is 10.0. The number of fused-ring (bicyclic) bond motifs is 1. The predicted octanol–water partition coefficient (Wildman–Crippen LogP) is 4.30. The maximum absolute atomic E-state index is 13.8. The van der Waals surface area contributed by atoms with Crippen LogP contribution in [-0.2, 0) is 11.2 Å². The Morgan fingerprint density at radius 2 is 2.00 bits per heavy atom. The molecular weight excluding hydrogens is 300 g/mol. The summed E-state index contributed by atoms with van der Waals surface area (Å²) in [6.07, 6.45) is 0.324. The van der Waals surface area contributed by atoms with Crippen LogP contribution in [0, 0.1) is 5.82 Å². The van der Waals surface area contributed by atoms with E-state index in [1.54, 1.807) is 12.1 Å². The van der Waals surface area contributed by atoms with Gasteiger partial charge in [0.05, 0.1) is 11.8 Å². The highest BCUT2D eigenvalue weighted by molar-refractivity contribution is 6.31. The van der Waals surface area contributed by atoms with E-state index in [0.717, 1.165) is 16.8 Å². The quantitative estimate of drug-likeness (QED) is 0.823. The van der Waals surface area contributed by atoms with E-state index in [4.69, 9.17) is 23.2 Å². The Hall–Kier alpha value is -1.58. The highest BCUT2D eigenvalue weighted by Crippen LogP contribution is 2.35. The summed E-state index contributed by atoms with van der Waals surface area (Å²) >= 11 is 12.2. The molecule has 1 unspecified atom stereocenters. The van der Waals surface area contributed by atoms with Crippen LogP contribution in [0.15, 0.2) is 36.4 Å². The summed E-state index contributed by atoms with van der Waals surface area (Å²) in [7, 11) is 0. The normalized spacial score (nSPS) is 14.8. The van der Waals surface area contributed by atoms with Gasteiger partial charge in [-0.3, -0.25) is 4.79 Å². The first-order valence-corrected chi connectivity index (χ1v) is 6.88. The van der Waals surface area contributed by atoms with Crippen LogP contribution in [0.2, 0.25) is 5.02 Å². The number of benzene rings is 2. The molecule has 20 heavy (non-hydrogen) atoms. The molecule has 1 aliphatic rings. The van der Waals surface area contributed by atoms with Gasteiger partial charge in [0.15, 0.2) is 0 Å². The van der Waals surface area contributed by atoms with Crippen LogP contribution in [0.4, 0.5) is 10.1 Å². The van der Waals surface area contributed by atoms with Crippen molar-refractivity contribution >= 4 is 34.8 Å². The molecule has 1 aliphatic heterocycles.